The first-order valence-corrected chi connectivity index (χ1v) is 8.12. The Balaban J connectivity index is 1.98. The fraction of sp³-hybridized carbons (Fsp3) is 0.471. The van der Waals surface area contributed by atoms with Gasteiger partial charge in [-0.05, 0) is 32.9 Å². The Bertz CT molecular complexity index is 810. The van der Waals surface area contributed by atoms with Crippen molar-refractivity contribution in [1.29, 1.82) is 0 Å². The lowest BCUT2D eigenvalue weighted by Gasteiger charge is -2.30. The number of nitrogens with zero attached hydrogens (tertiary/aromatic N) is 4. The monoisotopic (exact) mass is 368 g/mol. The third-order valence-corrected chi connectivity index (χ3v) is 3.80. The Morgan fingerprint density at radius 2 is 1.92 bits per heavy atom. The summed E-state index contributed by atoms with van der Waals surface area (Å²) in [5.41, 5.74) is -1.54. The number of pyridine rings is 1. The van der Waals surface area contributed by atoms with Crippen LogP contribution in [0.3, 0.4) is 0 Å². The van der Waals surface area contributed by atoms with Crippen LogP contribution in [-0.2, 0) is 24.0 Å². The first-order valence-electron chi connectivity index (χ1n) is 8.12. The van der Waals surface area contributed by atoms with Gasteiger partial charge in [-0.25, -0.2) is 9.78 Å². The highest BCUT2D eigenvalue weighted by Crippen LogP contribution is 2.37. The minimum absolute atomic E-state index is 0.0508. The van der Waals surface area contributed by atoms with Crippen molar-refractivity contribution in [2.75, 3.05) is 6.54 Å². The Labute approximate surface area is 148 Å². The molecular formula is C17H19F3N4O2. The predicted molar refractivity (Wildman–Crippen MR) is 87.1 cm³/mol. The van der Waals surface area contributed by atoms with Gasteiger partial charge in [0.2, 0.25) is 0 Å². The van der Waals surface area contributed by atoms with Crippen molar-refractivity contribution in [3.8, 4) is 11.4 Å². The van der Waals surface area contributed by atoms with Crippen LogP contribution in [0.2, 0.25) is 0 Å². The molecule has 9 heteroatoms. The van der Waals surface area contributed by atoms with Crippen molar-refractivity contribution < 1.29 is 22.7 Å². The van der Waals surface area contributed by atoms with E-state index in [4.69, 9.17) is 4.74 Å². The van der Waals surface area contributed by atoms with Gasteiger partial charge in [0, 0.05) is 19.3 Å². The molecule has 0 atom stereocenters. The van der Waals surface area contributed by atoms with E-state index in [1.807, 2.05) is 0 Å². The van der Waals surface area contributed by atoms with Gasteiger partial charge in [-0.3, -0.25) is 9.88 Å². The normalized spacial score (nSPS) is 14.9. The third-order valence-electron chi connectivity index (χ3n) is 3.80. The van der Waals surface area contributed by atoms with Crippen LogP contribution in [0.1, 0.15) is 32.3 Å². The highest BCUT2D eigenvalue weighted by molar-refractivity contribution is 5.68. The number of rotatable bonds is 1. The van der Waals surface area contributed by atoms with E-state index in [0.717, 1.165) is 0 Å². The second kappa shape index (κ2) is 6.30. The minimum Gasteiger partial charge on any atom is -0.444 e. The van der Waals surface area contributed by atoms with E-state index in [1.54, 1.807) is 32.9 Å². The number of carbonyl (C=O) groups excluding carboxylic acids is 1. The maximum absolute atomic E-state index is 13.5. The maximum Gasteiger partial charge on any atom is 0.435 e. The lowest BCUT2D eigenvalue weighted by molar-refractivity contribution is -0.140. The Hall–Kier alpha value is -2.58. The molecule has 0 saturated heterocycles. The molecule has 3 heterocycles. The Morgan fingerprint density at radius 1 is 1.19 bits per heavy atom. The summed E-state index contributed by atoms with van der Waals surface area (Å²) in [5.74, 6) is 0.162. The largest absolute Gasteiger partial charge is 0.444 e. The number of hydrogen-bond acceptors (Lipinski definition) is 4. The van der Waals surface area contributed by atoms with Gasteiger partial charge >= 0.3 is 12.3 Å². The van der Waals surface area contributed by atoms with Crippen molar-refractivity contribution in [2.24, 2.45) is 0 Å². The number of alkyl halides is 3. The number of imidazole rings is 1. The van der Waals surface area contributed by atoms with Crippen LogP contribution in [0.15, 0.2) is 24.4 Å². The number of carbonyl (C=O) groups is 1. The van der Waals surface area contributed by atoms with Crippen LogP contribution in [0.5, 0.6) is 0 Å². The summed E-state index contributed by atoms with van der Waals surface area (Å²) < 4.78 is 47.2. The zero-order valence-electron chi connectivity index (χ0n) is 14.7. The molecule has 0 spiro atoms. The molecule has 0 N–H and O–H groups in total. The molecule has 1 aliphatic rings. The van der Waals surface area contributed by atoms with Crippen LogP contribution in [0.25, 0.3) is 11.4 Å². The van der Waals surface area contributed by atoms with Gasteiger partial charge in [-0.1, -0.05) is 6.07 Å². The molecule has 3 rings (SSSR count). The SMILES string of the molecule is CC(C)(C)OC(=O)N1CCn2c(nc(C(F)(F)F)c2-c2ccccn2)C1. The van der Waals surface area contributed by atoms with Gasteiger partial charge in [-0.15, -0.1) is 0 Å². The molecule has 0 bridgehead atoms. The molecule has 1 aliphatic heterocycles. The number of ether oxygens (including phenoxy) is 1. The summed E-state index contributed by atoms with van der Waals surface area (Å²) >= 11 is 0. The van der Waals surface area contributed by atoms with Gasteiger partial charge in [0.25, 0.3) is 0 Å². The molecule has 2 aromatic heterocycles. The minimum atomic E-state index is -4.62. The van der Waals surface area contributed by atoms with Gasteiger partial charge < -0.3 is 9.30 Å². The van der Waals surface area contributed by atoms with E-state index in [-0.39, 0.29) is 36.8 Å². The lowest BCUT2D eigenvalue weighted by atomic mass is 10.2. The fourth-order valence-electron chi connectivity index (χ4n) is 2.77. The van der Waals surface area contributed by atoms with E-state index in [2.05, 4.69) is 9.97 Å². The smallest absolute Gasteiger partial charge is 0.435 e. The van der Waals surface area contributed by atoms with Crippen LogP contribution >= 0.6 is 0 Å². The first-order chi connectivity index (χ1) is 12.1. The lowest BCUT2D eigenvalue weighted by Crippen LogP contribution is -2.41. The van der Waals surface area contributed by atoms with Gasteiger partial charge in [-0.2, -0.15) is 13.2 Å². The average molecular weight is 368 g/mol. The molecule has 1 amide bonds. The maximum atomic E-state index is 13.5. The van der Waals surface area contributed by atoms with E-state index in [9.17, 15) is 18.0 Å². The Morgan fingerprint density at radius 3 is 2.50 bits per heavy atom. The average Bonchev–Trinajstić information content (AvgIpc) is 2.93. The molecular weight excluding hydrogens is 349 g/mol. The summed E-state index contributed by atoms with van der Waals surface area (Å²) in [6.07, 6.45) is -3.75. The van der Waals surface area contributed by atoms with Crippen LogP contribution < -0.4 is 0 Å². The van der Waals surface area contributed by atoms with Gasteiger partial charge in [0.15, 0.2) is 5.69 Å². The van der Waals surface area contributed by atoms with Crippen molar-refractivity contribution in [2.45, 2.75) is 45.6 Å². The third kappa shape index (κ3) is 3.66. The van der Waals surface area contributed by atoms with Crippen molar-refractivity contribution in [3.63, 3.8) is 0 Å². The first kappa shape index (κ1) is 18.2. The van der Waals surface area contributed by atoms with Gasteiger partial charge in [0.05, 0.1) is 17.9 Å². The number of amides is 1. The fourth-order valence-corrected chi connectivity index (χ4v) is 2.77. The van der Waals surface area contributed by atoms with Gasteiger partial charge in [0.1, 0.15) is 11.4 Å². The standard InChI is InChI=1S/C17H19F3N4O2/c1-16(2,3)26-15(25)23-8-9-24-12(10-23)22-14(17(18,19)20)13(24)11-6-4-5-7-21-11/h4-7H,8-10H2,1-3H3. The van der Waals surface area contributed by atoms with Crippen molar-refractivity contribution in [3.05, 3.63) is 35.9 Å². The second-order valence-electron chi connectivity index (χ2n) is 6.99. The highest BCUT2D eigenvalue weighted by atomic mass is 19.4. The summed E-state index contributed by atoms with van der Waals surface area (Å²) in [6.45, 7) is 5.56. The van der Waals surface area contributed by atoms with Crippen molar-refractivity contribution in [1.82, 2.24) is 19.4 Å². The van der Waals surface area contributed by atoms with E-state index >= 15 is 0 Å². The molecule has 6 nitrogen and oxygen atoms in total. The molecule has 0 aliphatic carbocycles. The molecule has 0 fully saturated rings. The number of hydrogen-bond donors (Lipinski definition) is 0. The zero-order chi connectivity index (χ0) is 19.1. The second-order valence-corrected chi connectivity index (χ2v) is 6.99. The molecule has 0 saturated carbocycles. The van der Waals surface area contributed by atoms with Crippen LogP contribution in [0.4, 0.5) is 18.0 Å². The number of halogens is 3. The number of aromatic nitrogens is 3. The predicted octanol–water partition coefficient (Wildman–Crippen LogP) is 3.71. The molecule has 26 heavy (non-hydrogen) atoms. The molecule has 0 aromatic carbocycles. The summed E-state index contributed by atoms with van der Waals surface area (Å²) in [5, 5.41) is 0. The summed E-state index contributed by atoms with van der Waals surface area (Å²) in [7, 11) is 0. The molecule has 2 aromatic rings. The molecule has 0 unspecified atom stereocenters. The van der Waals surface area contributed by atoms with Crippen molar-refractivity contribution >= 4 is 6.09 Å². The van der Waals surface area contributed by atoms with E-state index < -0.39 is 23.6 Å². The summed E-state index contributed by atoms with van der Waals surface area (Å²) in [4.78, 5) is 21.4. The van der Waals surface area contributed by atoms with Crippen LogP contribution in [-0.4, -0.2) is 37.7 Å². The van der Waals surface area contributed by atoms with E-state index in [0.29, 0.717) is 0 Å². The topological polar surface area (TPSA) is 60.2 Å². The highest BCUT2D eigenvalue weighted by Gasteiger charge is 2.41. The zero-order valence-corrected chi connectivity index (χ0v) is 14.7. The summed E-state index contributed by atoms with van der Waals surface area (Å²) in [6, 6.07) is 4.77. The molecule has 140 valence electrons. The number of fused-ring (bicyclic) bond motifs is 1. The van der Waals surface area contributed by atoms with E-state index in [1.165, 1.54) is 21.7 Å². The Kier molecular flexibility index (Phi) is 4.41. The quantitative estimate of drug-likeness (QED) is 0.770. The molecule has 0 radical (unpaired) electrons. The van der Waals surface area contributed by atoms with Crippen LogP contribution in [0, 0.1) is 0 Å².